The van der Waals surface area contributed by atoms with Gasteiger partial charge in [-0.05, 0) is 37.8 Å². The van der Waals surface area contributed by atoms with Gasteiger partial charge in [-0.15, -0.1) is 0 Å². The van der Waals surface area contributed by atoms with Crippen molar-refractivity contribution in [1.29, 1.82) is 0 Å². The van der Waals surface area contributed by atoms with Crippen molar-refractivity contribution >= 4 is 5.97 Å². The number of esters is 1. The van der Waals surface area contributed by atoms with E-state index < -0.39 is 0 Å². The number of hydrogen-bond donors (Lipinski definition) is 0. The van der Waals surface area contributed by atoms with Gasteiger partial charge in [-0.3, -0.25) is 4.79 Å². The summed E-state index contributed by atoms with van der Waals surface area (Å²) in [6.07, 6.45) is 7.12. The average Bonchev–Trinajstić information content (AvgIpc) is 2.29. The number of hydrogen-bond acceptors (Lipinski definition) is 2. The summed E-state index contributed by atoms with van der Waals surface area (Å²) in [4.78, 5) is 10.7. The Kier molecular flexibility index (Phi) is 6.08. The van der Waals surface area contributed by atoms with E-state index in [1.54, 1.807) is 0 Å². The molecule has 2 nitrogen and oxygen atoms in total. The second-order valence-corrected chi connectivity index (χ2v) is 4.12. The number of unbranched alkanes of at least 4 members (excludes halogenated alkanes) is 1. The molecule has 0 N–H and O–H groups in total. The molecule has 0 fully saturated rings. The molecule has 1 rings (SSSR count). The monoisotopic (exact) mass is 232 g/mol. The van der Waals surface area contributed by atoms with Crippen LogP contribution in [0, 0.1) is 0 Å². The van der Waals surface area contributed by atoms with Crippen LogP contribution in [0.1, 0.15) is 32.3 Å². The highest BCUT2D eigenvalue weighted by Gasteiger charge is 1.98. The van der Waals surface area contributed by atoms with Crippen LogP contribution in [0.3, 0.4) is 0 Å². The van der Waals surface area contributed by atoms with Gasteiger partial charge in [-0.25, -0.2) is 0 Å². The molecule has 17 heavy (non-hydrogen) atoms. The Morgan fingerprint density at radius 2 is 2.06 bits per heavy atom. The molecule has 0 radical (unpaired) electrons. The second-order valence-electron chi connectivity index (χ2n) is 4.12. The first-order valence-electron chi connectivity index (χ1n) is 6.06. The minimum Gasteiger partial charge on any atom is -0.459 e. The molecular formula is C15H20O2. The maximum absolute atomic E-state index is 10.7. The Balaban J connectivity index is 2.16. The molecule has 1 aromatic carbocycles. The standard InChI is InChI=1S/C15H20O2/c1-13(17-14(2)16)9-5-3-6-10-15-11-7-4-8-12-15/h4-5,7-9,11-13H,3,6,10H2,1-2H3/b9-5+/t13-/m1/s1. The van der Waals surface area contributed by atoms with Gasteiger partial charge in [0.05, 0.1) is 0 Å². The third-order valence-electron chi connectivity index (χ3n) is 2.44. The van der Waals surface area contributed by atoms with Crippen LogP contribution in [-0.4, -0.2) is 12.1 Å². The van der Waals surface area contributed by atoms with Crippen molar-refractivity contribution in [1.82, 2.24) is 0 Å². The molecule has 0 amide bonds. The summed E-state index contributed by atoms with van der Waals surface area (Å²) in [6.45, 7) is 3.30. The van der Waals surface area contributed by atoms with Crippen molar-refractivity contribution in [2.45, 2.75) is 39.2 Å². The van der Waals surface area contributed by atoms with Crippen molar-refractivity contribution in [3.05, 3.63) is 48.0 Å². The lowest BCUT2D eigenvalue weighted by Crippen LogP contribution is -2.08. The molecule has 0 aromatic heterocycles. The molecule has 1 atom stereocenters. The molecule has 0 aliphatic rings. The summed E-state index contributed by atoms with van der Waals surface area (Å²) in [5.41, 5.74) is 1.37. The first-order valence-corrected chi connectivity index (χ1v) is 6.06. The summed E-state index contributed by atoms with van der Waals surface area (Å²) in [7, 11) is 0. The van der Waals surface area contributed by atoms with Gasteiger partial charge in [0.15, 0.2) is 0 Å². The lowest BCUT2D eigenvalue weighted by Gasteiger charge is -2.05. The summed E-state index contributed by atoms with van der Waals surface area (Å²) < 4.78 is 4.99. The largest absolute Gasteiger partial charge is 0.459 e. The van der Waals surface area contributed by atoms with Crippen LogP contribution >= 0.6 is 0 Å². The highest BCUT2D eigenvalue weighted by atomic mass is 16.5. The van der Waals surface area contributed by atoms with E-state index in [4.69, 9.17) is 4.74 Å². The Bertz CT molecular complexity index is 354. The van der Waals surface area contributed by atoms with Crippen molar-refractivity contribution in [3.8, 4) is 0 Å². The van der Waals surface area contributed by atoms with Crippen LogP contribution in [0.15, 0.2) is 42.5 Å². The van der Waals surface area contributed by atoms with Gasteiger partial charge in [-0.2, -0.15) is 0 Å². The molecule has 0 saturated carbocycles. The quantitative estimate of drug-likeness (QED) is 0.426. The highest BCUT2D eigenvalue weighted by Crippen LogP contribution is 2.05. The highest BCUT2D eigenvalue weighted by molar-refractivity contribution is 5.66. The third-order valence-corrected chi connectivity index (χ3v) is 2.44. The van der Waals surface area contributed by atoms with Gasteiger partial charge in [0.2, 0.25) is 0 Å². The molecule has 0 spiro atoms. The summed E-state index contributed by atoms with van der Waals surface area (Å²) in [5.74, 6) is -0.230. The number of carbonyl (C=O) groups excluding carboxylic acids is 1. The van der Waals surface area contributed by atoms with E-state index in [2.05, 4.69) is 30.3 Å². The predicted octanol–water partition coefficient (Wildman–Crippen LogP) is 3.52. The van der Waals surface area contributed by atoms with Gasteiger partial charge in [0, 0.05) is 6.92 Å². The van der Waals surface area contributed by atoms with Crippen LogP contribution in [0.2, 0.25) is 0 Å². The zero-order valence-corrected chi connectivity index (χ0v) is 10.6. The van der Waals surface area contributed by atoms with Crippen LogP contribution in [0.4, 0.5) is 0 Å². The van der Waals surface area contributed by atoms with Gasteiger partial charge in [0.1, 0.15) is 6.10 Å². The maximum Gasteiger partial charge on any atom is 0.303 e. The Labute approximate surface area is 103 Å². The van der Waals surface area contributed by atoms with E-state index >= 15 is 0 Å². The van der Waals surface area contributed by atoms with Gasteiger partial charge < -0.3 is 4.74 Å². The number of benzene rings is 1. The van der Waals surface area contributed by atoms with Crippen molar-refractivity contribution in [2.75, 3.05) is 0 Å². The number of aryl methyl sites for hydroxylation is 1. The van der Waals surface area contributed by atoms with Gasteiger partial charge >= 0.3 is 5.97 Å². The maximum atomic E-state index is 10.7. The minimum absolute atomic E-state index is 0.121. The molecule has 92 valence electrons. The lowest BCUT2D eigenvalue weighted by atomic mass is 10.1. The molecule has 0 heterocycles. The topological polar surface area (TPSA) is 26.3 Å². The Morgan fingerprint density at radius 3 is 2.71 bits per heavy atom. The third kappa shape index (κ3) is 6.56. The van der Waals surface area contributed by atoms with Crippen LogP contribution < -0.4 is 0 Å². The predicted molar refractivity (Wildman–Crippen MR) is 69.7 cm³/mol. The van der Waals surface area contributed by atoms with Gasteiger partial charge in [0.25, 0.3) is 0 Å². The number of carbonyl (C=O) groups is 1. The molecule has 1 aromatic rings. The Hall–Kier alpha value is -1.57. The van der Waals surface area contributed by atoms with E-state index in [9.17, 15) is 4.79 Å². The van der Waals surface area contributed by atoms with Crippen LogP contribution in [0.5, 0.6) is 0 Å². The van der Waals surface area contributed by atoms with Gasteiger partial charge in [-0.1, -0.05) is 36.4 Å². The normalized spacial score (nSPS) is 12.6. The zero-order chi connectivity index (χ0) is 12.5. The van der Waals surface area contributed by atoms with Crippen LogP contribution in [0.25, 0.3) is 0 Å². The molecule has 0 aliphatic carbocycles. The SMILES string of the molecule is CC(=O)O[C@H](C)/C=C/CCCc1ccccc1. The van der Waals surface area contributed by atoms with E-state index in [-0.39, 0.29) is 12.1 Å². The second kappa shape index (κ2) is 7.66. The number of allylic oxidation sites excluding steroid dienone is 1. The summed E-state index contributed by atoms with van der Waals surface area (Å²) >= 11 is 0. The van der Waals surface area contributed by atoms with E-state index in [0.29, 0.717) is 0 Å². The fourth-order valence-electron chi connectivity index (χ4n) is 1.66. The summed E-state index contributed by atoms with van der Waals surface area (Å²) in [6, 6.07) is 10.4. The first kappa shape index (κ1) is 13.5. The molecule has 0 bridgehead atoms. The molecular weight excluding hydrogens is 212 g/mol. The van der Waals surface area contributed by atoms with E-state index in [0.717, 1.165) is 19.3 Å². The molecule has 0 unspecified atom stereocenters. The molecule has 0 saturated heterocycles. The number of ether oxygens (including phenoxy) is 1. The number of rotatable bonds is 6. The van der Waals surface area contributed by atoms with Crippen molar-refractivity contribution in [2.24, 2.45) is 0 Å². The van der Waals surface area contributed by atoms with Crippen molar-refractivity contribution < 1.29 is 9.53 Å². The lowest BCUT2D eigenvalue weighted by molar-refractivity contribution is -0.143. The fraction of sp³-hybridized carbons (Fsp3) is 0.400. The average molecular weight is 232 g/mol. The Morgan fingerprint density at radius 1 is 1.35 bits per heavy atom. The molecule has 2 heteroatoms. The van der Waals surface area contributed by atoms with Crippen LogP contribution in [-0.2, 0) is 16.0 Å². The first-order chi connectivity index (χ1) is 8.18. The smallest absolute Gasteiger partial charge is 0.303 e. The molecule has 0 aliphatic heterocycles. The minimum atomic E-state index is -0.230. The van der Waals surface area contributed by atoms with E-state index in [1.807, 2.05) is 19.1 Å². The van der Waals surface area contributed by atoms with Crippen molar-refractivity contribution in [3.63, 3.8) is 0 Å². The zero-order valence-electron chi connectivity index (χ0n) is 10.6. The van der Waals surface area contributed by atoms with E-state index in [1.165, 1.54) is 12.5 Å². The fourth-order valence-corrected chi connectivity index (χ4v) is 1.66. The summed E-state index contributed by atoms with van der Waals surface area (Å²) in [5, 5.41) is 0.